The van der Waals surface area contributed by atoms with E-state index < -0.39 is 0 Å². The zero-order valence-electron chi connectivity index (χ0n) is 10.2. The highest BCUT2D eigenvalue weighted by molar-refractivity contribution is 4.84. The molecule has 2 heterocycles. The molecular weight excluding hydrogens is 188 g/mol. The molecule has 15 heavy (non-hydrogen) atoms. The molecule has 0 aliphatic carbocycles. The van der Waals surface area contributed by atoms with Crippen molar-refractivity contribution in [1.82, 2.24) is 20.7 Å². The van der Waals surface area contributed by atoms with Gasteiger partial charge in [-0.15, -0.1) is 0 Å². The van der Waals surface area contributed by atoms with Crippen molar-refractivity contribution >= 4 is 0 Å². The average molecular weight is 212 g/mol. The normalized spacial score (nSPS) is 34.4. The third kappa shape index (κ3) is 2.18. The molecule has 0 spiro atoms. The molecule has 88 valence electrons. The van der Waals surface area contributed by atoms with Gasteiger partial charge in [0.2, 0.25) is 0 Å². The quantitative estimate of drug-likeness (QED) is 0.708. The predicted octanol–water partition coefficient (Wildman–Crippen LogP) is 0.778. The van der Waals surface area contributed by atoms with Gasteiger partial charge >= 0.3 is 0 Å². The van der Waals surface area contributed by atoms with Crippen LogP contribution in [-0.4, -0.2) is 42.6 Å². The van der Waals surface area contributed by atoms with Crippen molar-refractivity contribution in [3.63, 3.8) is 0 Å². The Bertz CT molecular complexity index is 207. The number of rotatable bonds is 2. The van der Waals surface area contributed by atoms with Gasteiger partial charge in [0.25, 0.3) is 0 Å². The lowest BCUT2D eigenvalue weighted by atomic mass is 10.1. The van der Waals surface area contributed by atoms with E-state index in [1.165, 1.54) is 32.4 Å². The Balaban J connectivity index is 2.11. The summed E-state index contributed by atoms with van der Waals surface area (Å²) in [6.07, 6.45) is 4.85. The van der Waals surface area contributed by atoms with E-state index in [2.05, 4.69) is 34.5 Å². The molecule has 0 bridgehead atoms. The van der Waals surface area contributed by atoms with E-state index in [1.54, 1.807) is 0 Å². The van der Waals surface area contributed by atoms with Gasteiger partial charge in [-0.25, -0.2) is 10.0 Å². The van der Waals surface area contributed by atoms with E-state index in [4.69, 9.17) is 0 Å². The lowest BCUT2D eigenvalue weighted by molar-refractivity contribution is -0.0331. The summed E-state index contributed by atoms with van der Waals surface area (Å²) < 4.78 is 0. The van der Waals surface area contributed by atoms with E-state index in [0.29, 0.717) is 18.4 Å². The van der Waals surface area contributed by atoms with Crippen LogP contribution in [0, 0.1) is 5.92 Å². The summed E-state index contributed by atoms with van der Waals surface area (Å²) in [4.78, 5) is 0. The number of hydrogen-bond acceptors (Lipinski definition) is 4. The van der Waals surface area contributed by atoms with Gasteiger partial charge in [-0.1, -0.05) is 20.3 Å². The van der Waals surface area contributed by atoms with Crippen LogP contribution in [-0.2, 0) is 0 Å². The Labute approximate surface area is 93.0 Å². The Kier molecular flexibility index (Phi) is 3.61. The van der Waals surface area contributed by atoms with Gasteiger partial charge in [0.05, 0.1) is 6.17 Å². The Morgan fingerprint density at radius 3 is 2.40 bits per heavy atom. The van der Waals surface area contributed by atoms with Crippen molar-refractivity contribution in [2.75, 3.05) is 20.1 Å². The van der Waals surface area contributed by atoms with Gasteiger partial charge in [0.1, 0.15) is 6.29 Å². The first-order valence-electron chi connectivity index (χ1n) is 6.20. The molecule has 2 aliphatic heterocycles. The largest absolute Gasteiger partial charge is 0.291 e. The molecule has 0 amide bonds. The number of nitrogens with zero attached hydrogens (tertiary/aromatic N) is 2. The third-order valence-electron chi connectivity index (χ3n) is 3.46. The molecule has 0 aromatic rings. The molecule has 2 unspecified atom stereocenters. The smallest absolute Gasteiger partial charge is 0.128 e. The number of nitrogens with one attached hydrogen (secondary N) is 2. The highest BCUT2D eigenvalue weighted by Crippen LogP contribution is 2.23. The molecule has 0 aromatic heterocycles. The van der Waals surface area contributed by atoms with Crippen LogP contribution in [0.15, 0.2) is 0 Å². The van der Waals surface area contributed by atoms with Crippen molar-refractivity contribution in [3.05, 3.63) is 0 Å². The first-order chi connectivity index (χ1) is 7.24. The predicted molar refractivity (Wildman–Crippen MR) is 61.9 cm³/mol. The summed E-state index contributed by atoms with van der Waals surface area (Å²) in [5, 5.41) is 12.0. The maximum Gasteiger partial charge on any atom is 0.128 e. The fourth-order valence-corrected chi connectivity index (χ4v) is 2.66. The average Bonchev–Trinajstić information content (AvgIpc) is 2.41. The first-order valence-corrected chi connectivity index (χ1v) is 6.20. The minimum atomic E-state index is 0.329. The van der Waals surface area contributed by atoms with E-state index in [-0.39, 0.29) is 0 Å². The first kappa shape index (κ1) is 11.3. The van der Waals surface area contributed by atoms with Crippen LogP contribution in [0.2, 0.25) is 0 Å². The van der Waals surface area contributed by atoms with Crippen LogP contribution in [0.3, 0.4) is 0 Å². The lowest BCUT2D eigenvalue weighted by Crippen LogP contribution is -2.49. The van der Waals surface area contributed by atoms with E-state index in [0.717, 1.165) is 0 Å². The zero-order valence-corrected chi connectivity index (χ0v) is 10.2. The van der Waals surface area contributed by atoms with Gasteiger partial charge < -0.3 is 0 Å². The van der Waals surface area contributed by atoms with E-state index >= 15 is 0 Å². The second kappa shape index (κ2) is 4.78. The molecule has 0 aromatic carbocycles. The van der Waals surface area contributed by atoms with Crippen molar-refractivity contribution in [1.29, 1.82) is 0 Å². The zero-order chi connectivity index (χ0) is 10.8. The van der Waals surface area contributed by atoms with Crippen LogP contribution < -0.4 is 10.6 Å². The summed E-state index contributed by atoms with van der Waals surface area (Å²) >= 11 is 0. The van der Waals surface area contributed by atoms with Gasteiger partial charge in [-0.2, -0.15) is 0 Å². The molecular formula is C11H24N4. The van der Waals surface area contributed by atoms with Crippen molar-refractivity contribution in [3.8, 4) is 0 Å². The topological polar surface area (TPSA) is 30.5 Å². The Morgan fingerprint density at radius 2 is 1.80 bits per heavy atom. The van der Waals surface area contributed by atoms with Crippen LogP contribution >= 0.6 is 0 Å². The molecule has 2 rings (SSSR count). The second-order valence-corrected chi connectivity index (χ2v) is 4.93. The lowest BCUT2D eigenvalue weighted by Gasteiger charge is -2.32. The molecule has 2 N–H and O–H groups in total. The van der Waals surface area contributed by atoms with Crippen LogP contribution in [0.25, 0.3) is 0 Å². The monoisotopic (exact) mass is 212 g/mol. The highest BCUT2D eigenvalue weighted by Gasteiger charge is 2.39. The number of hydrogen-bond donors (Lipinski definition) is 2. The number of fused-ring (bicyclic) bond motifs is 1. The fourth-order valence-electron chi connectivity index (χ4n) is 2.66. The van der Waals surface area contributed by atoms with E-state index in [9.17, 15) is 0 Å². The maximum atomic E-state index is 3.65. The molecule has 0 saturated carbocycles. The van der Waals surface area contributed by atoms with Crippen molar-refractivity contribution in [2.24, 2.45) is 5.92 Å². The summed E-state index contributed by atoms with van der Waals surface area (Å²) in [6, 6.07) is 0. The molecule has 0 radical (unpaired) electrons. The number of hydrazine groups is 1. The summed E-state index contributed by atoms with van der Waals surface area (Å²) in [7, 11) is 2.03. The standard InChI is InChI=1S/C11H24N4/c1-9(2)10-13-11(12-3)15-8-6-4-5-7-14(10)15/h9-13H,4-8H2,1-3H3. The third-order valence-corrected chi connectivity index (χ3v) is 3.46. The minimum absolute atomic E-state index is 0.329. The fraction of sp³-hybridized carbons (Fsp3) is 1.00. The van der Waals surface area contributed by atoms with Crippen molar-refractivity contribution < 1.29 is 0 Å². The van der Waals surface area contributed by atoms with Crippen LogP contribution in [0.5, 0.6) is 0 Å². The van der Waals surface area contributed by atoms with Crippen molar-refractivity contribution in [2.45, 2.75) is 45.6 Å². The molecule has 4 heteroatoms. The molecule has 2 atom stereocenters. The van der Waals surface area contributed by atoms with Crippen LogP contribution in [0.1, 0.15) is 33.1 Å². The SMILES string of the molecule is CNC1NC(C(C)C)N2CCCCCN12. The van der Waals surface area contributed by atoms with Crippen LogP contribution in [0.4, 0.5) is 0 Å². The summed E-state index contributed by atoms with van der Waals surface area (Å²) in [6.45, 7) is 6.97. The second-order valence-electron chi connectivity index (χ2n) is 4.93. The Morgan fingerprint density at radius 1 is 1.13 bits per heavy atom. The summed E-state index contributed by atoms with van der Waals surface area (Å²) in [5.41, 5.74) is 0. The minimum Gasteiger partial charge on any atom is -0.291 e. The van der Waals surface area contributed by atoms with E-state index in [1.807, 2.05) is 7.05 Å². The van der Waals surface area contributed by atoms with Gasteiger partial charge in [0.15, 0.2) is 0 Å². The molecule has 2 aliphatic rings. The van der Waals surface area contributed by atoms with Gasteiger partial charge in [-0.3, -0.25) is 10.6 Å². The maximum absolute atomic E-state index is 3.65. The van der Waals surface area contributed by atoms with Gasteiger partial charge in [0, 0.05) is 13.1 Å². The molecule has 2 saturated heterocycles. The highest BCUT2D eigenvalue weighted by atomic mass is 15.8. The van der Waals surface area contributed by atoms with Gasteiger partial charge in [-0.05, 0) is 25.8 Å². The summed E-state index contributed by atoms with van der Waals surface area (Å²) in [5.74, 6) is 0.656. The molecule has 2 fully saturated rings. The molecule has 4 nitrogen and oxygen atoms in total. The Hall–Kier alpha value is -0.160.